The van der Waals surface area contributed by atoms with Crippen LogP contribution in [0.3, 0.4) is 0 Å². The molecule has 0 saturated heterocycles. The first-order chi connectivity index (χ1) is 16.2. The fraction of sp³-hybridized carbons (Fsp3) is 0.481. The summed E-state index contributed by atoms with van der Waals surface area (Å²) in [6.45, 7) is 8.70. The lowest BCUT2D eigenvalue weighted by molar-refractivity contribution is -0.0131. The molecule has 33 heavy (non-hydrogen) atoms. The molecule has 0 amide bonds. The molecule has 4 heterocycles. The van der Waals surface area contributed by atoms with E-state index >= 15 is 0 Å². The highest BCUT2D eigenvalue weighted by Gasteiger charge is 2.35. The summed E-state index contributed by atoms with van der Waals surface area (Å²) in [7, 11) is 0. The molecule has 0 atom stereocenters. The van der Waals surface area contributed by atoms with Crippen molar-refractivity contribution < 1.29 is 4.74 Å². The smallest absolute Gasteiger partial charge is 0.153 e. The number of fused-ring (bicyclic) bond motifs is 2. The highest BCUT2D eigenvalue weighted by Crippen LogP contribution is 2.33. The molecule has 5 rings (SSSR count). The van der Waals surface area contributed by atoms with E-state index in [9.17, 15) is 0 Å². The Bertz CT molecular complexity index is 1050. The van der Waals surface area contributed by atoms with Crippen molar-refractivity contribution in [1.82, 2.24) is 24.1 Å². The number of unbranched alkanes of at least 4 members (excludes halogenated alkanes) is 1. The minimum atomic E-state index is -0.713. The third-order valence-electron chi connectivity index (χ3n) is 6.73. The lowest BCUT2D eigenvalue weighted by Gasteiger charge is -2.27. The molecule has 0 radical (unpaired) electrons. The molecular formula is C27H35N5O. The minimum Gasteiger partial charge on any atom is -0.362 e. The van der Waals surface area contributed by atoms with Crippen LogP contribution in [0.5, 0.6) is 0 Å². The van der Waals surface area contributed by atoms with E-state index < -0.39 is 5.60 Å². The molecule has 0 N–H and O–H groups in total. The molecule has 0 aliphatic heterocycles. The standard InChI is InChI=1S/C27H35N5O/c1-3-14-30(21-22-12-13-22)15-8-9-18-33-27(2,25-19-23-10-4-6-16-31(23)28-25)26-20-24-11-5-7-17-32(24)29-26/h4-7,10-11,16-17,19-20,22H,3,8-9,12-15,18,21H2,1-2H3. The van der Waals surface area contributed by atoms with E-state index in [0.717, 1.165) is 47.7 Å². The van der Waals surface area contributed by atoms with Gasteiger partial charge in [-0.15, -0.1) is 0 Å². The molecule has 6 nitrogen and oxygen atoms in total. The lowest BCUT2D eigenvalue weighted by Crippen LogP contribution is -2.30. The lowest BCUT2D eigenvalue weighted by atomic mass is 9.97. The summed E-state index contributed by atoms with van der Waals surface area (Å²) in [6, 6.07) is 16.4. The number of hydrogen-bond acceptors (Lipinski definition) is 4. The van der Waals surface area contributed by atoms with Gasteiger partial charge in [0, 0.05) is 25.5 Å². The molecule has 4 aromatic rings. The van der Waals surface area contributed by atoms with Gasteiger partial charge in [0.2, 0.25) is 0 Å². The second-order valence-corrected chi connectivity index (χ2v) is 9.53. The van der Waals surface area contributed by atoms with Gasteiger partial charge in [-0.1, -0.05) is 19.1 Å². The number of pyridine rings is 2. The maximum Gasteiger partial charge on any atom is 0.153 e. The second-order valence-electron chi connectivity index (χ2n) is 9.53. The SMILES string of the molecule is CCCN(CCCCOC(C)(c1cc2ccccn2n1)c1cc2ccccn2n1)CC1CC1. The number of hydrogen-bond donors (Lipinski definition) is 0. The van der Waals surface area contributed by atoms with Crippen LogP contribution in [0.15, 0.2) is 60.9 Å². The van der Waals surface area contributed by atoms with Crippen molar-refractivity contribution in [2.75, 3.05) is 26.2 Å². The second kappa shape index (κ2) is 9.65. The molecule has 174 valence electrons. The van der Waals surface area contributed by atoms with E-state index in [4.69, 9.17) is 14.9 Å². The van der Waals surface area contributed by atoms with Crippen molar-refractivity contribution in [3.8, 4) is 0 Å². The van der Waals surface area contributed by atoms with Gasteiger partial charge in [0.15, 0.2) is 5.60 Å². The van der Waals surface area contributed by atoms with Crippen LogP contribution in [0.4, 0.5) is 0 Å². The van der Waals surface area contributed by atoms with Crippen molar-refractivity contribution in [3.05, 3.63) is 72.3 Å². The predicted octanol–water partition coefficient (Wildman–Crippen LogP) is 5.16. The van der Waals surface area contributed by atoms with Crippen molar-refractivity contribution in [2.45, 2.75) is 51.6 Å². The quantitative estimate of drug-likeness (QED) is 0.283. The Kier molecular flexibility index (Phi) is 6.47. The number of nitrogens with zero attached hydrogens (tertiary/aromatic N) is 5. The maximum atomic E-state index is 6.63. The molecule has 1 fully saturated rings. The molecule has 0 spiro atoms. The zero-order chi connectivity index (χ0) is 22.7. The summed E-state index contributed by atoms with van der Waals surface area (Å²) in [5.74, 6) is 0.946. The molecule has 0 bridgehead atoms. The Morgan fingerprint density at radius 3 is 2.12 bits per heavy atom. The number of aromatic nitrogens is 4. The van der Waals surface area contributed by atoms with Crippen LogP contribution in [0.1, 0.15) is 57.3 Å². The minimum absolute atomic E-state index is 0.682. The van der Waals surface area contributed by atoms with Gasteiger partial charge in [0.1, 0.15) is 11.4 Å². The van der Waals surface area contributed by atoms with E-state index in [-0.39, 0.29) is 0 Å². The molecule has 0 aromatic carbocycles. The van der Waals surface area contributed by atoms with Gasteiger partial charge in [-0.2, -0.15) is 10.2 Å². The average molecular weight is 446 g/mol. The molecule has 6 heteroatoms. The molecule has 1 aliphatic rings. The van der Waals surface area contributed by atoms with Crippen molar-refractivity contribution in [3.63, 3.8) is 0 Å². The van der Waals surface area contributed by atoms with Crippen molar-refractivity contribution in [1.29, 1.82) is 0 Å². The van der Waals surface area contributed by atoms with Gasteiger partial charge >= 0.3 is 0 Å². The first-order valence-electron chi connectivity index (χ1n) is 12.4. The Labute approximate surface area is 196 Å². The third-order valence-corrected chi connectivity index (χ3v) is 6.73. The molecule has 1 saturated carbocycles. The molecular weight excluding hydrogens is 410 g/mol. The molecule has 1 aliphatic carbocycles. The van der Waals surface area contributed by atoms with Gasteiger partial charge in [-0.3, -0.25) is 0 Å². The monoisotopic (exact) mass is 445 g/mol. The van der Waals surface area contributed by atoms with Crippen LogP contribution in [0.25, 0.3) is 11.0 Å². The van der Waals surface area contributed by atoms with Crippen molar-refractivity contribution in [2.24, 2.45) is 5.92 Å². The Morgan fingerprint density at radius 2 is 1.58 bits per heavy atom. The van der Waals surface area contributed by atoms with E-state index in [2.05, 4.69) is 43.0 Å². The van der Waals surface area contributed by atoms with Crippen molar-refractivity contribution >= 4 is 11.0 Å². The summed E-state index contributed by atoms with van der Waals surface area (Å²) in [4.78, 5) is 2.64. The third kappa shape index (κ3) is 4.97. The summed E-state index contributed by atoms with van der Waals surface area (Å²) < 4.78 is 10.4. The predicted molar refractivity (Wildman–Crippen MR) is 131 cm³/mol. The Hall–Kier alpha value is -2.70. The number of rotatable bonds is 12. The van der Waals surface area contributed by atoms with Gasteiger partial charge in [-0.25, -0.2) is 9.03 Å². The van der Waals surface area contributed by atoms with Crippen LogP contribution in [0, 0.1) is 5.92 Å². The summed E-state index contributed by atoms with van der Waals surface area (Å²) in [5.41, 5.74) is 3.18. The average Bonchev–Trinajstić information content (AvgIpc) is 3.35. The van der Waals surface area contributed by atoms with Crippen LogP contribution in [0.2, 0.25) is 0 Å². The molecule has 4 aromatic heterocycles. The summed E-state index contributed by atoms with van der Waals surface area (Å²) in [6.07, 6.45) is 10.2. The van der Waals surface area contributed by atoms with E-state index in [1.807, 2.05) is 45.7 Å². The fourth-order valence-electron chi connectivity index (χ4n) is 4.61. The van der Waals surface area contributed by atoms with E-state index in [0.29, 0.717) is 6.61 Å². The summed E-state index contributed by atoms with van der Waals surface area (Å²) >= 11 is 0. The first-order valence-corrected chi connectivity index (χ1v) is 12.4. The van der Waals surface area contributed by atoms with Crippen LogP contribution in [-0.4, -0.2) is 50.4 Å². The maximum absolute atomic E-state index is 6.63. The zero-order valence-corrected chi connectivity index (χ0v) is 19.9. The van der Waals surface area contributed by atoms with Gasteiger partial charge in [0.25, 0.3) is 0 Å². The fourth-order valence-corrected chi connectivity index (χ4v) is 4.61. The Balaban J connectivity index is 1.31. The van der Waals surface area contributed by atoms with Gasteiger partial charge < -0.3 is 9.64 Å². The van der Waals surface area contributed by atoms with E-state index in [1.165, 1.54) is 32.4 Å². The van der Waals surface area contributed by atoms with E-state index in [1.54, 1.807) is 0 Å². The zero-order valence-electron chi connectivity index (χ0n) is 19.9. The highest BCUT2D eigenvalue weighted by atomic mass is 16.5. The van der Waals surface area contributed by atoms with Gasteiger partial charge in [-0.05, 0) is 94.4 Å². The normalized spacial score (nSPS) is 14.6. The number of ether oxygens (including phenoxy) is 1. The van der Waals surface area contributed by atoms with Crippen LogP contribution in [-0.2, 0) is 10.3 Å². The van der Waals surface area contributed by atoms with Crippen LogP contribution >= 0.6 is 0 Å². The summed E-state index contributed by atoms with van der Waals surface area (Å²) in [5, 5.41) is 9.71. The topological polar surface area (TPSA) is 47.1 Å². The Morgan fingerprint density at radius 1 is 0.939 bits per heavy atom. The largest absolute Gasteiger partial charge is 0.362 e. The highest BCUT2D eigenvalue weighted by molar-refractivity contribution is 5.52. The van der Waals surface area contributed by atoms with Crippen LogP contribution < -0.4 is 0 Å². The van der Waals surface area contributed by atoms with Gasteiger partial charge in [0.05, 0.1) is 11.0 Å². The first kappa shape index (κ1) is 22.1. The molecule has 0 unspecified atom stereocenters.